The average molecular weight is 239 g/mol. The molecule has 92 valence electrons. The van der Waals surface area contributed by atoms with Gasteiger partial charge in [0.1, 0.15) is 5.69 Å². The molecule has 0 amide bonds. The Morgan fingerprint density at radius 2 is 2.35 bits per heavy atom. The van der Waals surface area contributed by atoms with Crippen molar-refractivity contribution in [1.29, 1.82) is 0 Å². The number of nitrogens with one attached hydrogen (secondary N) is 1. The molecule has 6 heteroatoms. The van der Waals surface area contributed by atoms with Gasteiger partial charge in [0.2, 0.25) is 5.82 Å². The topological polar surface area (TPSA) is 58.4 Å². The SMILES string of the molecule is CNC1CCN(c2cccc(F)c2[N+](=O)[O-])C1. The molecule has 0 bridgehead atoms. The monoisotopic (exact) mass is 239 g/mol. The number of benzene rings is 1. The zero-order chi connectivity index (χ0) is 12.4. The number of hydrogen-bond donors (Lipinski definition) is 1. The lowest BCUT2D eigenvalue weighted by atomic mass is 10.2. The van der Waals surface area contributed by atoms with Gasteiger partial charge in [0.05, 0.1) is 4.92 Å². The Morgan fingerprint density at radius 1 is 1.59 bits per heavy atom. The van der Waals surface area contributed by atoms with Crippen LogP contribution in [0.2, 0.25) is 0 Å². The predicted octanol–water partition coefficient (Wildman–Crippen LogP) is 1.53. The Hall–Kier alpha value is -1.69. The van der Waals surface area contributed by atoms with E-state index in [-0.39, 0.29) is 0 Å². The van der Waals surface area contributed by atoms with E-state index in [1.165, 1.54) is 6.07 Å². The van der Waals surface area contributed by atoms with Crippen LogP contribution in [0.1, 0.15) is 6.42 Å². The van der Waals surface area contributed by atoms with Gasteiger partial charge in [-0.1, -0.05) is 6.07 Å². The quantitative estimate of drug-likeness (QED) is 0.642. The van der Waals surface area contributed by atoms with Crippen LogP contribution in [-0.2, 0) is 0 Å². The largest absolute Gasteiger partial charge is 0.364 e. The zero-order valence-electron chi connectivity index (χ0n) is 9.52. The first-order valence-corrected chi connectivity index (χ1v) is 5.48. The van der Waals surface area contributed by atoms with Crippen molar-refractivity contribution in [3.8, 4) is 0 Å². The van der Waals surface area contributed by atoms with E-state index in [2.05, 4.69) is 5.32 Å². The predicted molar refractivity (Wildman–Crippen MR) is 62.7 cm³/mol. The Morgan fingerprint density at radius 3 is 2.94 bits per heavy atom. The minimum absolute atomic E-state index is 0.304. The third-order valence-corrected chi connectivity index (χ3v) is 3.09. The number of rotatable bonds is 3. The second kappa shape index (κ2) is 4.67. The van der Waals surface area contributed by atoms with Gasteiger partial charge in [0.15, 0.2) is 0 Å². The second-order valence-electron chi connectivity index (χ2n) is 4.08. The molecule has 0 aliphatic carbocycles. The summed E-state index contributed by atoms with van der Waals surface area (Å²) in [6, 6.07) is 4.52. The van der Waals surface area contributed by atoms with Crippen LogP contribution in [0.15, 0.2) is 18.2 Å². The molecule has 1 atom stereocenters. The standard InChI is InChI=1S/C11H14FN3O2/c1-13-8-5-6-14(7-8)10-4-2-3-9(12)11(10)15(16)17/h2-4,8,13H,5-7H2,1H3. The van der Waals surface area contributed by atoms with Crippen LogP contribution in [-0.4, -0.2) is 31.1 Å². The third-order valence-electron chi connectivity index (χ3n) is 3.09. The van der Waals surface area contributed by atoms with Crippen molar-refractivity contribution in [3.05, 3.63) is 34.1 Å². The molecule has 1 fully saturated rings. The van der Waals surface area contributed by atoms with Crippen molar-refractivity contribution in [2.45, 2.75) is 12.5 Å². The van der Waals surface area contributed by atoms with Crippen molar-refractivity contribution < 1.29 is 9.31 Å². The summed E-state index contributed by atoms with van der Waals surface area (Å²) >= 11 is 0. The fourth-order valence-electron chi connectivity index (χ4n) is 2.15. The number of halogens is 1. The van der Waals surface area contributed by atoms with Gasteiger partial charge in [-0.15, -0.1) is 0 Å². The molecule has 1 unspecified atom stereocenters. The van der Waals surface area contributed by atoms with E-state index in [4.69, 9.17) is 0 Å². The van der Waals surface area contributed by atoms with Crippen LogP contribution in [0, 0.1) is 15.9 Å². The number of para-hydroxylation sites is 1. The molecule has 1 N–H and O–H groups in total. The Kier molecular flexibility index (Phi) is 3.23. The van der Waals surface area contributed by atoms with E-state index in [1.54, 1.807) is 6.07 Å². The van der Waals surface area contributed by atoms with Gasteiger partial charge in [-0.05, 0) is 25.6 Å². The molecular weight excluding hydrogens is 225 g/mol. The molecule has 17 heavy (non-hydrogen) atoms. The minimum atomic E-state index is -0.777. The van der Waals surface area contributed by atoms with Gasteiger partial charge in [0, 0.05) is 19.1 Å². The maximum atomic E-state index is 13.4. The van der Waals surface area contributed by atoms with E-state index in [1.807, 2.05) is 11.9 Å². The normalized spacial score (nSPS) is 19.6. The summed E-state index contributed by atoms with van der Waals surface area (Å²) in [6.45, 7) is 1.37. The number of hydrogen-bond acceptors (Lipinski definition) is 4. The van der Waals surface area contributed by atoms with Gasteiger partial charge < -0.3 is 10.2 Å². The first-order valence-electron chi connectivity index (χ1n) is 5.48. The molecule has 1 aromatic carbocycles. The van der Waals surface area contributed by atoms with Crippen LogP contribution in [0.3, 0.4) is 0 Å². The summed E-state index contributed by atoms with van der Waals surface area (Å²) in [5.41, 5.74) is -0.0583. The van der Waals surface area contributed by atoms with Gasteiger partial charge in [-0.2, -0.15) is 4.39 Å². The Balaban J connectivity index is 2.33. The van der Waals surface area contributed by atoms with Crippen molar-refractivity contribution >= 4 is 11.4 Å². The lowest BCUT2D eigenvalue weighted by Crippen LogP contribution is -2.29. The van der Waals surface area contributed by atoms with E-state index in [0.717, 1.165) is 12.5 Å². The number of nitro groups is 1. The van der Waals surface area contributed by atoms with Crippen molar-refractivity contribution in [2.75, 3.05) is 25.0 Å². The molecular formula is C11H14FN3O2. The van der Waals surface area contributed by atoms with E-state index in [9.17, 15) is 14.5 Å². The smallest absolute Gasteiger partial charge is 0.327 e. The molecule has 1 saturated heterocycles. The van der Waals surface area contributed by atoms with Gasteiger partial charge in [-0.25, -0.2) is 0 Å². The number of nitrogens with zero attached hydrogens (tertiary/aromatic N) is 2. The summed E-state index contributed by atoms with van der Waals surface area (Å²) in [4.78, 5) is 12.1. The van der Waals surface area contributed by atoms with Crippen molar-refractivity contribution in [3.63, 3.8) is 0 Å². The highest BCUT2D eigenvalue weighted by Crippen LogP contribution is 2.32. The molecule has 0 radical (unpaired) electrons. The van der Waals surface area contributed by atoms with E-state index < -0.39 is 16.4 Å². The Bertz CT molecular complexity index is 439. The first-order chi connectivity index (χ1) is 8.13. The van der Waals surface area contributed by atoms with Crippen LogP contribution in [0.5, 0.6) is 0 Å². The number of likely N-dealkylation sites (N-methyl/N-ethyl adjacent to an activating group) is 1. The fraction of sp³-hybridized carbons (Fsp3) is 0.455. The van der Waals surface area contributed by atoms with Crippen molar-refractivity contribution in [2.24, 2.45) is 0 Å². The van der Waals surface area contributed by atoms with E-state index in [0.29, 0.717) is 24.8 Å². The summed E-state index contributed by atoms with van der Waals surface area (Å²) < 4.78 is 13.4. The van der Waals surface area contributed by atoms with Crippen LogP contribution < -0.4 is 10.2 Å². The molecule has 2 rings (SSSR count). The van der Waals surface area contributed by atoms with E-state index >= 15 is 0 Å². The Labute approximate surface area is 98.4 Å². The molecule has 5 nitrogen and oxygen atoms in total. The summed E-state index contributed by atoms with van der Waals surface area (Å²) in [5.74, 6) is -0.777. The highest BCUT2D eigenvalue weighted by molar-refractivity contribution is 5.64. The van der Waals surface area contributed by atoms with Crippen LogP contribution in [0.25, 0.3) is 0 Å². The lowest BCUT2D eigenvalue weighted by Gasteiger charge is -2.18. The average Bonchev–Trinajstić information content (AvgIpc) is 2.76. The van der Waals surface area contributed by atoms with Gasteiger partial charge >= 0.3 is 5.69 Å². The lowest BCUT2D eigenvalue weighted by molar-refractivity contribution is -0.386. The first kappa shape index (κ1) is 11.8. The number of nitro benzene ring substituents is 1. The molecule has 0 saturated carbocycles. The summed E-state index contributed by atoms with van der Waals surface area (Å²) in [7, 11) is 1.86. The van der Waals surface area contributed by atoms with Gasteiger partial charge in [0.25, 0.3) is 0 Å². The fourth-order valence-corrected chi connectivity index (χ4v) is 2.15. The molecule has 1 heterocycles. The maximum absolute atomic E-state index is 13.4. The van der Waals surface area contributed by atoms with Crippen LogP contribution in [0.4, 0.5) is 15.8 Å². The summed E-state index contributed by atoms with van der Waals surface area (Å²) in [6.07, 6.45) is 0.907. The van der Waals surface area contributed by atoms with Crippen LogP contribution >= 0.6 is 0 Å². The van der Waals surface area contributed by atoms with Gasteiger partial charge in [-0.3, -0.25) is 10.1 Å². The molecule has 0 aromatic heterocycles. The zero-order valence-corrected chi connectivity index (χ0v) is 9.52. The maximum Gasteiger partial charge on any atom is 0.327 e. The molecule has 1 aliphatic heterocycles. The summed E-state index contributed by atoms with van der Waals surface area (Å²) in [5, 5.41) is 14.0. The molecule has 1 aromatic rings. The minimum Gasteiger partial charge on any atom is -0.364 e. The highest BCUT2D eigenvalue weighted by atomic mass is 19.1. The van der Waals surface area contributed by atoms with Crippen molar-refractivity contribution in [1.82, 2.24) is 5.32 Å². The molecule has 0 spiro atoms. The molecule has 1 aliphatic rings. The highest BCUT2D eigenvalue weighted by Gasteiger charge is 2.28. The third kappa shape index (κ3) is 2.21. The second-order valence-corrected chi connectivity index (χ2v) is 4.08. The number of anilines is 1.